The van der Waals surface area contributed by atoms with Crippen LogP contribution in [0.15, 0.2) is 35.6 Å². The van der Waals surface area contributed by atoms with Crippen LogP contribution in [0.25, 0.3) is 11.0 Å². The van der Waals surface area contributed by atoms with Crippen molar-refractivity contribution in [3.8, 4) is 5.75 Å². The van der Waals surface area contributed by atoms with Gasteiger partial charge in [0.1, 0.15) is 5.75 Å². The average molecular weight is 315 g/mol. The highest BCUT2D eigenvalue weighted by molar-refractivity contribution is 7.90. The molecule has 0 aliphatic carbocycles. The van der Waals surface area contributed by atoms with Gasteiger partial charge in [-0.15, -0.1) is 0 Å². The second kappa shape index (κ2) is 5.98. The van der Waals surface area contributed by atoms with Crippen LogP contribution in [0.5, 0.6) is 5.75 Å². The van der Waals surface area contributed by atoms with Gasteiger partial charge in [0.05, 0.1) is 30.2 Å². The Morgan fingerprint density at radius 2 is 2.09 bits per heavy atom. The number of rotatable bonds is 4. The van der Waals surface area contributed by atoms with Gasteiger partial charge in [-0.25, -0.2) is 4.98 Å². The van der Waals surface area contributed by atoms with E-state index in [-0.39, 0.29) is 0 Å². The highest BCUT2D eigenvalue weighted by atomic mass is 32.2. The molecule has 0 radical (unpaired) electrons. The van der Waals surface area contributed by atoms with Gasteiger partial charge in [0.15, 0.2) is 10.6 Å². The number of nitrogens with zero attached hydrogens (tertiary/aromatic N) is 2. The van der Waals surface area contributed by atoms with Gasteiger partial charge in [0.2, 0.25) is 0 Å². The fraction of sp³-hybridized carbons (Fsp3) is 0.250. The summed E-state index contributed by atoms with van der Waals surface area (Å²) in [5, 5.41) is 0. The summed E-state index contributed by atoms with van der Waals surface area (Å²) in [4.78, 5) is 12.4. The molecule has 0 bridgehead atoms. The van der Waals surface area contributed by atoms with Crippen molar-refractivity contribution < 1.29 is 9.29 Å². The van der Waals surface area contributed by atoms with Crippen LogP contribution in [0, 0.1) is 13.8 Å². The molecule has 1 unspecified atom stereocenters. The summed E-state index contributed by atoms with van der Waals surface area (Å²) in [6.07, 6.45) is 3.39. The second-order valence-electron chi connectivity index (χ2n) is 5.12. The lowest BCUT2D eigenvalue weighted by Crippen LogP contribution is -2.09. The smallest absolute Gasteiger partial charge is 0.155 e. The minimum Gasteiger partial charge on any atom is -0.611 e. The molecule has 0 aliphatic heterocycles. The molecule has 0 spiro atoms. The highest BCUT2D eigenvalue weighted by Crippen LogP contribution is 2.27. The quantitative estimate of drug-likeness (QED) is 0.751. The number of ether oxygens (including phenoxy) is 1. The van der Waals surface area contributed by atoms with Crippen molar-refractivity contribution >= 4 is 22.2 Å². The number of benzene rings is 1. The Kier molecular flexibility index (Phi) is 4.04. The number of hydrogen-bond donors (Lipinski definition) is 1. The fourth-order valence-electron chi connectivity index (χ4n) is 2.48. The molecule has 2 heterocycles. The zero-order valence-corrected chi connectivity index (χ0v) is 13.5. The first-order chi connectivity index (χ1) is 10.6. The Morgan fingerprint density at radius 3 is 2.86 bits per heavy atom. The normalized spacial score (nSPS) is 12.5. The molecule has 6 heteroatoms. The lowest BCUT2D eigenvalue weighted by atomic mass is 10.1. The van der Waals surface area contributed by atoms with E-state index in [1.165, 1.54) is 0 Å². The molecule has 1 N–H and O–H groups in total. The maximum absolute atomic E-state index is 12.6. The van der Waals surface area contributed by atoms with Crippen LogP contribution in [0.2, 0.25) is 0 Å². The molecular weight excluding hydrogens is 298 g/mol. The van der Waals surface area contributed by atoms with E-state index in [0.717, 1.165) is 38.5 Å². The van der Waals surface area contributed by atoms with E-state index >= 15 is 0 Å². The van der Waals surface area contributed by atoms with E-state index in [1.807, 2.05) is 32.0 Å². The Hall–Kier alpha value is -2.05. The van der Waals surface area contributed by atoms with Gasteiger partial charge < -0.3 is 14.3 Å². The first-order valence-electron chi connectivity index (χ1n) is 6.90. The third-order valence-electron chi connectivity index (χ3n) is 3.67. The van der Waals surface area contributed by atoms with Gasteiger partial charge >= 0.3 is 0 Å². The van der Waals surface area contributed by atoms with Crippen molar-refractivity contribution in [3.63, 3.8) is 0 Å². The van der Waals surface area contributed by atoms with Crippen molar-refractivity contribution in [3.05, 3.63) is 47.5 Å². The highest BCUT2D eigenvalue weighted by Gasteiger charge is 2.18. The summed E-state index contributed by atoms with van der Waals surface area (Å²) >= 11 is -1.17. The third-order valence-corrected chi connectivity index (χ3v) is 4.99. The van der Waals surface area contributed by atoms with Gasteiger partial charge in [0.25, 0.3) is 0 Å². The summed E-state index contributed by atoms with van der Waals surface area (Å²) in [5.41, 5.74) is 4.47. The van der Waals surface area contributed by atoms with E-state index in [0.29, 0.717) is 5.75 Å². The molecule has 3 aromatic rings. The molecule has 2 aromatic heterocycles. The summed E-state index contributed by atoms with van der Waals surface area (Å²) in [6, 6.07) is 5.60. The van der Waals surface area contributed by atoms with Crippen LogP contribution in [-0.2, 0) is 16.9 Å². The van der Waals surface area contributed by atoms with Gasteiger partial charge in [0, 0.05) is 23.4 Å². The maximum atomic E-state index is 12.6. The largest absolute Gasteiger partial charge is 0.611 e. The Bertz CT molecular complexity index is 816. The zero-order valence-electron chi connectivity index (χ0n) is 12.7. The zero-order chi connectivity index (χ0) is 15.7. The van der Waals surface area contributed by atoms with Crippen molar-refractivity contribution in [1.82, 2.24) is 15.0 Å². The van der Waals surface area contributed by atoms with Crippen molar-refractivity contribution in [2.24, 2.45) is 0 Å². The first-order valence-corrected chi connectivity index (χ1v) is 8.22. The van der Waals surface area contributed by atoms with Gasteiger partial charge in [-0.3, -0.25) is 4.98 Å². The maximum Gasteiger partial charge on any atom is 0.155 e. The number of aryl methyl sites for hydroxylation is 1. The van der Waals surface area contributed by atoms with E-state index in [2.05, 4.69) is 15.0 Å². The number of aromatic amines is 1. The number of H-pyrrole nitrogens is 1. The summed E-state index contributed by atoms with van der Waals surface area (Å²) in [7, 11) is 1.64. The topological polar surface area (TPSA) is 73.9 Å². The SMILES string of the molecule is COc1c(C)cnc(C[S+]([O-])c2ccc3[nH]cnc3c2)c1C. The molecule has 1 aromatic carbocycles. The Labute approximate surface area is 131 Å². The Morgan fingerprint density at radius 1 is 1.27 bits per heavy atom. The molecule has 0 fully saturated rings. The van der Waals surface area contributed by atoms with Crippen LogP contribution in [-0.4, -0.2) is 26.6 Å². The lowest BCUT2D eigenvalue weighted by Gasteiger charge is -2.14. The number of methoxy groups -OCH3 is 1. The lowest BCUT2D eigenvalue weighted by molar-refractivity contribution is 0.407. The van der Waals surface area contributed by atoms with Crippen LogP contribution >= 0.6 is 0 Å². The number of hydrogen-bond acceptors (Lipinski definition) is 4. The van der Waals surface area contributed by atoms with E-state index in [4.69, 9.17) is 4.74 Å². The van der Waals surface area contributed by atoms with Crippen LogP contribution in [0.4, 0.5) is 0 Å². The van der Waals surface area contributed by atoms with Gasteiger partial charge in [-0.1, -0.05) is 0 Å². The molecule has 114 valence electrons. The summed E-state index contributed by atoms with van der Waals surface area (Å²) < 4.78 is 18.0. The van der Waals surface area contributed by atoms with E-state index in [1.54, 1.807) is 19.6 Å². The minimum atomic E-state index is -1.17. The molecule has 22 heavy (non-hydrogen) atoms. The van der Waals surface area contributed by atoms with Crippen LogP contribution in [0.3, 0.4) is 0 Å². The molecule has 1 atom stereocenters. The monoisotopic (exact) mass is 315 g/mol. The number of imidazole rings is 1. The molecular formula is C16H17N3O2S. The fourth-order valence-corrected chi connectivity index (χ4v) is 3.65. The Balaban J connectivity index is 1.89. The molecule has 0 saturated carbocycles. The number of nitrogens with one attached hydrogen (secondary N) is 1. The predicted molar refractivity (Wildman–Crippen MR) is 86.5 cm³/mol. The van der Waals surface area contributed by atoms with E-state index < -0.39 is 11.2 Å². The van der Waals surface area contributed by atoms with Crippen molar-refractivity contribution in [2.45, 2.75) is 24.5 Å². The molecule has 0 aliphatic rings. The van der Waals surface area contributed by atoms with Crippen molar-refractivity contribution in [1.29, 1.82) is 0 Å². The standard InChI is InChI=1S/C16H17N3O2S/c1-10-7-17-15(11(2)16(10)21-3)8-22(20)12-4-5-13-14(6-12)19-9-18-13/h4-7,9H,8H2,1-3H3,(H,18,19). The summed E-state index contributed by atoms with van der Waals surface area (Å²) in [5.74, 6) is 1.17. The second-order valence-corrected chi connectivity index (χ2v) is 6.57. The molecule has 0 saturated heterocycles. The number of fused-ring (bicyclic) bond motifs is 1. The summed E-state index contributed by atoms with van der Waals surface area (Å²) in [6.45, 7) is 3.90. The van der Waals surface area contributed by atoms with Gasteiger partial charge in [-0.2, -0.15) is 0 Å². The first kappa shape index (κ1) is 14.9. The average Bonchev–Trinajstić information content (AvgIpc) is 2.98. The molecule has 3 rings (SSSR count). The third kappa shape index (κ3) is 2.67. The predicted octanol–water partition coefficient (Wildman–Crippen LogP) is 2.89. The van der Waals surface area contributed by atoms with Crippen molar-refractivity contribution in [2.75, 3.05) is 7.11 Å². The van der Waals surface area contributed by atoms with Crippen LogP contribution < -0.4 is 4.74 Å². The molecule has 5 nitrogen and oxygen atoms in total. The van der Waals surface area contributed by atoms with Gasteiger partial charge in [-0.05, 0) is 37.2 Å². The number of pyridine rings is 1. The molecule has 0 amide bonds. The van der Waals surface area contributed by atoms with E-state index in [9.17, 15) is 4.55 Å². The number of aromatic nitrogens is 3. The minimum absolute atomic E-state index is 0.360. The van der Waals surface area contributed by atoms with Crippen LogP contribution in [0.1, 0.15) is 16.8 Å².